The molecule has 0 radical (unpaired) electrons. The van der Waals surface area contributed by atoms with Crippen LogP contribution in [0.25, 0.3) is 0 Å². The van der Waals surface area contributed by atoms with E-state index in [1.165, 1.54) is 5.01 Å². The number of benzene rings is 2. The lowest BCUT2D eigenvalue weighted by atomic mass is 10.1. The van der Waals surface area contributed by atoms with Crippen LogP contribution in [0.4, 0.5) is 0 Å². The van der Waals surface area contributed by atoms with Crippen molar-refractivity contribution in [3.8, 4) is 11.5 Å². The Morgan fingerprint density at radius 2 is 1.93 bits per heavy atom. The molecule has 2 aliphatic rings. The fraction of sp³-hybridized carbons (Fsp3) is 0.250. The third-order valence-corrected chi connectivity index (χ3v) is 4.79. The van der Waals surface area contributed by atoms with E-state index in [1.807, 2.05) is 24.3 Å². The molecule has 0 spiro atoms. The smallest absolute Gasteiger partial charge is 0.273 e. The Morgan fingerprint density at radius 3 is 2.70 bits per heavy atom. The molecule has 4 rings (SSSR count). The van der Waals surface area contributed by atoms with E-state index in [-0.39, 0.29) is 11.8 Å². The molecule has 2 heterocycles. The molecule has 0 saturated heterocycles. The molecule has 27 heavy (non-hydrogen) atoms. The van der Waals surface area contributed by atoms with Crippen molar-refractivity contribution in [2.45, 2.75) is 13.0 Å². The van der Waals surface area contributed by atoms with Crippen molar-refractivity contribution in [2.24, 2.45) is 5.10 Å². The molecular formula is C20H19N3O4. The first-order valence-corrected chi connectivity index (χ1v) is 8.63. The summed E-state index contributed by atoms with van der Waals surface area (Å²) in [5.41, 5.74) is 3.62. The molecule has 2 aliphatic heterocycles. The van der Waals surface area contributed by atoms with E-state index < -0.39 is 0 Å². The molecule has 2 aromatic carbocycles. The zero-order valence-corrected chi connectivity index (χ0v) is 15.1. The van der Waals surface area contributed by atoms with Crippen LogP contribution in [0.5, 0.6) is 11.5 Å². The van der Waals surface area contributed by atoms with E-state index in [0.717, 1.165) is 16.8 Å². The van der Waals surface area contributed by atoms with Gasteiger partial charge in [-0.1, -0.05) is 6.07 Å². The highest BCUT2D eigenvalue weighted by Gasteiger charge is 2.26. The summed E-state index contributed by atoms with van der Waals surface area (Å²) in [6.45, 7) is 1.000. The van der Waals surface area contributed by atoms with Crippen LogP contribution in [0.1, 0.15) is 38.3 Å². The highest BCUT2D eigenvalue weighted by Crippen LogP contribution is 2.29. The molecule has 138 valence electrons. The minimum Gasteiger partial charge on any atom is -0.493 e. The van der Waals surface area contributed by atoms with Gasteiger partial charge in [0.2, 0.25) is 0 Å². The first-order valence-electron chi connectivity index (χ1n) is 8.63. The van der Waals surface area contributed by atoms with Crippen molar-refractivity contribution >= 4 is 17.5 Å². The summed E-state index contributed by atoms with van der Waals surface area (Å²) in [5, 5.41) is 8.68. The average Bonchev–Trinajstić information content (AvgIpc) is 3.34. The first kappa shape index (κ1) is 17.1. The number of carbonyl (C=O) groups is 2. The summed E-state index contributed by atoms with van der Waals surface area (Å²) in [6.07, 6.45) is 0.645. The van der Waals surface area contributed by atoms with Gasteiger partial charge in [0.25, 0.3) is 11.8 Å². The Hall–Kier alpha value is -3.35. The number of hydrogen-bond acceptors (Lipinski definition) is 5. The molecule has 0 unspecified atom stereocenters. The maximum absolute atomic E-state index is 12.8. The van der Waals surface area contributed by atoms with Gasteiger partial charge in [-0.2, -0.15) is 5.10 Å². The lowest BCUT2D eigenvalue weighted by Crippen LogP contribution is -2.23. The summed E-state index contributed by atoms with van der Waals surface area (Å²) in [7, 11) is 3.17. The van der Waals surface area contributed by atoms with E-state index in [4.69, 9.17) is 9.47 Å². The van der Waals surface area contributed by atoms with Gasteiger partial charge in [0.1, 0.15) is 0 Å². The second-order valence-corrected chi connectivity index (χ2v) is 6.35. The quantitative estimate of drug-likeness (QED) is 0.901. The summed E-state index contributed by atoms with van der Waals surface area (Å²) in [4.78, 5) is 24.6. The van der Waals surface area contributed by atoms with Crippen LogP contribution >= 0.6 is 0 Å². The normalized spacial score (nSPS) is 15.3. The van der Waals surface area contributed by atoms with Crippen LogP contribution in [0, 0.1) is 0 Å². The van der Waals surface area contributed by atoms with Crippen LogP contribution in [0.15, 0.2) is 41.5 Å². The molecule has 0 atom stereocenters. The third-order valence-electron chi connectivity index (χ3n) is 4.79. The van der Waals surface area contributed by atoms with Crippen LogP contribution < -0.4 is 14.8 Å². The van der Waals surface area contributed by atoms with E-state index >= 15 is 0 Å². The fourth-order valence-electron chi connectivity index (χ4n) is 3.32. The predicted octanol–water partition coefficient (Wildman–Crippen LogP) is 2.20. The SMILES string of the molecule is COc1ccc(C2=NN(C(=O)c3ccc4c(c3)C(=O)NC4)CC2)cc1OC. The van der Waals surface area contributed by atoms with Crippen molar-refractivity contribution in [1.82, 2.24) is 10.3 Å². The predicted molar refractivity (Wildman–Crippen MR) is 99.3 cm³/mol. The molecule has 0 fully saturated rings. The number of methoxy groups -OCH3 is 2. The summed E-state index contributed by atoms with van der Waals surface area (Å²) in [6, 6.07) is 10.8. The number of rotatable bonds is 4. The lowest BCUT2D eigenvalue weighted by molar-refractivity contribution is 0.0778. The highest BCUT2D eigenvalue weighted by molar-refractivity contribution is 6.06. The zero-order valence-electron chi connectivity index (χ0n) is 15.1. The Kier molecular flexibility index (Phi) is 4.27. The van der Waals surface area contributed by atoms with Crippen LogP contribution in [0.2, 0.25) is 0 Å². The number of carbonyl (C=O) groups excluding carboxylic acids is 2. The average molecular weight is 365 g/mol. The van der Waals surface area contributed by atoms with Crippen molar-refractivity contribution in [1.29, 1.82) is 0 Å². The zero-order chi connectivity index (χ0) is 19.0. The number of hydrogen-bond donors (Lipinski definition) is 1. The Morgan fingerprint density at radius 1 is 1.11 bits per heavy atom. The number of amides is 2. The molecule has 0 bridgehead atoms. The summed E-state index contributed by atoms with van der Waals surface area (Å²) >= 11 is 0. The lowest BCUT2D eigenvalue weighted by Gasteiger charge is -2.12. The third kappa shape index (κ3) is 3.01. The maximum atomic E-state index is 12.8. The van der Waals surface area contributed by atoms with Crippen LogP contribution in [-0.4, -0.2) is 43.3 Å². The van der Waals surface area contributed by atoms with Crippen molar-refractivity contribution in [3.63, 3.8) is 0 Å². The Balaban J connectivity index is 1.58. The maximum Gasteiger partial charge on any atom is 0.273 e. The second-order valence-electron chi connectivity index (χ2n) is 6.35. The molecule has 1 N–H and O–H groups in total. The van der Waals surface area contributed by atoms with Gasteiger partial charge in [0, 0.05) is 29.7 Å². The van der Waals surface area contributed by atoms with Gasteiger partial charge in [-0.25, -0.2) is 5.01 Å². The van der Waals surface area contributed by atoms with Crippen LogP contribution in [0.3, 0.4) is 0 Å². The van der Waals surface area contributed by atoms with Crippen LogP contribution in [-0.2, 0) is 6.54 Å². The molecular weight excluding hydrogens is 346 g/mol. The molecule has 0 saturated carbocycles. The monoisotopic (exact) mass is 365 g/mol. The van der Waals surface area contributed by atoms with E-state index in [0.29, 0.717) is 42.1 Å². The molecule has 0 aliphatic carbocycles. The van der Waals surface area contributed by atoms with Gasteiger partial charge < -0.3 is 14.8 Å². The van der Waals surface area contributed by atoms with Gasteiger partial charge in [0.15, 0.2) is 11.5 Å². The number of ether oxygens (including phenoxy) is 2. The van der Waals surface area contributed by atoms with Gasteiger partial charge in [-0.15, -0.1) is 0 Å². The Bertz CT molecular complexity index is 968. The summed E-state index contributed by atoms with van der Waals surface area (Å²) < 4.78 is 10.6. The molecule has 7 nitrogen and oxygen atoms in total. The summed E-state index contributed by atoms with van der Waals surface area (Å²) in [5.74, 6) is 0.903. The largest absolute Gasteiger partial charge is 0.493 e. The number of hydrazone groups is 1. The van der Waals surface area contributed by atoms with Gasteiger partial charge in [-0.05, 0) is 35.9 Å². The highest BCUT2D eigenvalue weighted by atomic mass is 16.5. The molecule has 2 aromatic rings. The number of nitrogens with one attached hydrogen (secondary N) is 1. The number of nitrogens with zero attached hydrogens (tertiary/aromatic N) is 2. The van der Waals surface area contributed by atoms with Gasteiger partial charge >= 0.3 is 0 Å². The first-order chi connectivity index (χ1) is 13.1. The molecule has 0 aromatic heterocycles. The molecule has 2 amide bonds. The fourth-order valence-corrected chi connectivity index (χ4v) is 3.32. The van der Waals surface area contributed by atoms with E-state index in [9.17, 15) is 9.59 Å². The van der Waals surface area contributed by atoms with Crippen molar-refractivity contribution in [2.75, 3.05) is 20.8 Å². The van der Waals surface area contributed by atoms with Gasteiger partial charge in [0.05, 0.1) is 26.5 Å². The van der Waals surface area contributed by atoms with Crippen molar-refractivity contribution < 1.29 is 19.1 Å². The minimum absolute atomic E-state index is 0.143. The minimum atomic E-state index is -0.215. The topological polar surface area (TPSA) is 80.2 Å². The van der Waals surface area contributed by atoms with E-state index in [1.54, 1.807) is 26.4 Å². The van der Waals surface area contributed by atoms with Crippen molar-refractivity contribution in [3.05, 3.63) is 58.7 Å². The van der Waals surface area contributed by atoms with Gasteiger partial charge in [-0.3, -0.25) is 9.59 Å². The van der Waals surface area contributed by atoms with E-state index in [2.05, 4.69) is 10.4 Å². The number of fused-ring (bicyclic) bond motifs is 1. The Labute approximate surface area is 156 Å². The second kappa shape index (κ2) is 6.75. The molecule has 7 heteroatoms. The standard InChI is InChI=1S/C20H19N3O4/c1-26-17-6-5-12(10-18(17)27-2)16-7-8-23(22-16)20(25)13-3-4-14-11-21-19(24)15(14)9-13/h3-6,9-10H,7-8,11H2,1-2H3,(H,21,24).